The Bertz CT molecular complexity index is 1130. The second kappa shape index (κ2) is 6.55. The maximum absolute atomic E-state index is 9.87. The van der Waals surface area contributed by atoms with E-state index in [2.05, 4.69) is 84.9 Å². The Morgan fingerprint density at radius 2 is 1.00 bits per heavy atom. The number of hydrogen-bond donors (Lipinski definition) is 0. The van der Waals surface area contributed by atoms with Gasteiger partial charge in [-0.15, -0.1) is 0 Å². The van der Waals surface area contributed by atoms with Crippen LogP contribution in [-0.2, 0) is 15.9 Å². The molecule has 2 heterocycles. The third kappa shape index (κ3) is 2.20. The molecule has 3 aromatic carbocycles. The van der Waals surface area contributed by atoms with Crippen LogP contribution in [0.2, 0.25) is 0 Å². The third-order valence-electron chi connectivity index (χ3n) is 7.82. The van der Waals surface area contributed by atoms with Gasteiger partial charge in [0.25, 0.3) is 0 Å². The Kier molecular flexibility index (Phi) is 3.88. The second-order valence-corrected chi connectivity index (χ2v) is 9.01. The van der Waals surface area contributed by atoms with Crippen LogP contribution in [0.25, 0.3) is 0 Å². The molecule has 6 unspecified atom stereocenters. The van der Waals surface area contributed by atoms with Crippen molar-refractivity contribution in [1.82, 2.24) is 0 Å². The van der Waals surface area contributed by atoms with Gasteiger partial charge >= 0.3 is 0 Å². The first kappa shape index (κ1) is 18.4. The second-order valence-electron chi connectivity index (χ2n) is 9.01. The summed E-state index contributed by atoms with van der Waals surface area (Å²) in [7, 11) is 0. The summed E-state index contributed by atoms with van der Waals surface area (Å²) in [6.45, 7) is 0. The fraction of sp³-hybridized carbons (Fsp3) is 0.286. The fourth-order valence-electron chi connectivity index (χ4n) is 6.66. The maximum atomic E-state index is 9.87. The van der Waals surface area contributed by atoms with Crippen molar-refractivity contribution < 1.29 is 4.74 Å². The summed E-state index contributed by atoms with van der Waals surface area (Å²) in [5.41, 5.74) is 3.48. The Morgan fingerprint density at radius 3 is 1.39 bits per heavy atom. The number of hydrogen-bond acceptors (Lipinski definition) is 3. The Morgan fingerprint density at radius 1 is 0.613 bits per heavy atom. The average molecular weight is 402 g/mol. The molecule has 1 saturated heterocycles. The van der Waals surface area contributed by atoms with E-state index in [0.29, 0.717) is 12.8 Å². The van der Waals surface area contributed by atoms with Crippen molar-refractivity contribution in [3.05, 3.63) is 107 Å². The molecule has 0 radical (unpaired) electrons. The Balaban J connectivity index is 1.67. The highest BCUT2D eigenvalue weighted by molar-refractivity contribution is 5.57. The number of ether oxygens (including phenoxy) is 1. The molecular formula is C28H22N2O. The first-order valence-corrected chi connectivity index (χ1v) is 11.0. The van der Waals surface area contributed by atoms with E-state index in [1.807, 2.05) is 12.1 Å². The van der Waals surface area contributed by atoms with Gasteiger partial charge in [0, 0.05) is 11.8 Å². The van der Waals surface area contributed by atoms with Gasteiger partial charge in [0.2, 0.25) is 0 Å². The lowest BCUT2D eigenvalue weighted by Gasteiger charge is -2.45. The zero-order valence-corrected chi connectivity index (χ0v) is 17.1. The van der Waals surface area contributed by atoms with Gasteiger partial charge < -0.3 is 4.74 Å². The molecule has 0 aromatic heterocycles. The third-order valence-corrected chi connectivity index (χ3v) is 7.82. The minimum atomic E-state index is -0.603. The molecule has 2 aliphatic heterocycles. The quantitative estimate of drug-likeness (QED) is 0.567. The van der Waals surface area contributed by atoms with E-state index in [0.717, 1.165) is 11.1 Å². The zero-order chi connectivity index (χ0) is 21.1. The average Bonchev–Trinajstić information content (AvgIpc) is 3.33. The fourth-order valence-corrected chi connectivity index (χ4v) is 6.66. The van der Waals surface area contributed by atoms with Crippen LogP contribution in [0.1, 0.15) is 35.1 Å². The van der Waals surface area contributed by atoms with E-state index in [-0.39, 0.29) is 23.7 Å². The van der Waals surface area contributed by atoms with Gasteiger partial charge in [-0.05, 0) is 35.1 Å². The number of nitrogens with zero attached hydrogens (tertiary/aromatic N) is 2. The van der Waals surface area contributed by atoms with Crippen molar-refractivity contribution in [1.29, 1.82) is 10.5 Å². The van der Waals surface area contributed by atoms with Crippen molar-refractivity contribution in [3.8, 4) is 12.1 Å². The summed E-state index contributed by atoms with van der Waals surface area (Å²) in [5.74, 6) is -0.261. The molecule has 2 bridgehead atoms. The first-order chi connectivity index (χ1) is 15.3. The summed E-state index contributed by atoms with van der Waals surface area (Å²) in [6, 6.07) is 34.4. The number of nitriles is 2. The zero-order valence-electron chi connectivity index (χ0n) is 17.1. The predicted molar refractivity (Wildman–Crippen MR) is 116 cm³/mol. The lowest BCUT2D eigenvalue weighted by Crippen LogP contribution is -2.46. The maximum Gasteiger partial charge on any atom is 0.123 e. The molecule has 150 valence electrons. The van der Waals surface area contributed by atoms with Gasteiger partial charge in [-0.25, -0.2) is 0 Å². The summed E-state index contributed by atoms with van der Waals surface area (Å²) >= 11 is 0. The van der Waals surface area contributed by atoms with Crippen molar-refractivity contribution in [3.63, 3.8) is 0 Å². The Hall–Kier alpha value is -3.40. The normalized spacial score (nSPS) is 34.9. The molecule has 3 nitrogen and oxygen atoms in total. The first-order valence-electron chi connectivity index (χ1n) is 11.0. The highest BCUT2D eigenvalue weighted by Gasteiger charge is 2.72. The molecule has 1 saturated carbocycles. The van der Waals surface area contributed by atoms with Crippen LogP contribution in [0.5, 0.6) is 0 Å². The van der Waals surface area contributed by atoms with Crippen molar-refractivity contribution in [2.45, 2.75) is 24.0 Å². The van der Waals surface area contributed by atoms with Gasteiger partial charge in [0.15, 0.2) is 0 Å². The minimum Gasteiger partial charge on any atom is -0.349 e. The molecular weight excluding hydrogens is 380 g/mol. The van der Waals surface area contributed by atoms with Crippen molar-refractivity contribution >= 4 is 0 Å². The molecule has 0 amide bonds. The summed E-state index contributed by atoms with van der Waals surface area (Å²) in [5, 5.41) is 19.7. The molecule has 0 spiro atoms. The molecule has 6 atom stereocenters. The highest BCUT2D eigenvalue weighted by atomic mass is 16.5. The molecule has 1 aliphatic carbocycles. The van der Waals surface area contributed by atoms with E-state index < -0.39 is 11.2 Å². The van der Waals surface area contributed by atoms with E-state index in [1.54, 1.807) is 0 Å². The van der Waals surface area contributed by atoms with Crippen LogP contribution in [-0.4, -0.2) is 0 Å². The Labute approximate surface area is 182 Å². The van der Waals surface area contributed by atoms with E-state index in [1.165, 1.54) is 11.1 Å². The van der Waals surface area contributed by atoms with Crippen LogP contribution in [0.15, 0.2) is 84.9 Å². The van der Waals surface area contributed by atoms with E-state index in [4.69, 9.17) is 4.74 Å². The molecule has 3 aromatic rings. The minimum absolute atomic E-state index is 0.138. The number of rotatable bonds is 2. The molecule has 31 heavy (non-hydrogen) atoms. The van der Waals surface area contributed by atoms with Crippen LogP contribution in [0.4, 0.5) is 0 Å². The van der Waals surface area contributed by atoms with Crippen molar-refractivity contribution in [2.24, 2.45) is 23.7 Å². The summed E-state index contributed by atoms with van der Waals surface area (Å²) in [4.78, 5) is 0. The smallest absolute Gasteiger partial charge is 0.123 e. The van der Waals surface area contributed by atoms with Crippen LogP contribution >= 0.6 is 0 Å². The van der Waals surface area contributed by atoms with Crippen molar-refractivity contribution in [2.75, 3.05) is 0 Å². The SMILES string of the molecule is N#CC1CC2C(CC1C#N)C1(c3ccccc3)OC2(c2ccccc2)c2ccccc21. The van der Waals surface area contributed by atoms with Crippen LogP contribution < -0.4 is 0 Å². The summed E-state index contributed by atoms with van der Waals surface area (Å²) < 4.78 is 7.30. The lowest BCUT2D eigenvalue weighted by molar-refractivity contribution is -0.0573. The lowest BCUT2D eigenvalue weighted by atomic mass is 9.53. The van der Waals surface area contributed by atoms with Gasteiger partial charge in [0.05, 0.1) is 24.0 Å². The number of benzene rings is 3. The van der Waals surface area contributed by atoms with Crippen LogP contribution in [0, 0.1) is 46.3 Å². The largest absolute Gasteiger partial charge is 0.349 e. The predicted octanol–water partition coefficient (Wildman–Crippen LogP) is 5.52. The van der Waals surface area contributed by atoms with Gasteiger partial charge in [-0.1, -0.05) is 84.9 Å². The molecule has 3 aliphatic rings. The van der Waals surface area contributed by atoms with E-state index >= 15 is 0 Å². The number of fused-ring (bicyclic) bond motifs is 8. The molecule has 3 heteroatoms. The molecule has 0 N–H and O–H groups in total. The van der Waals surface area contributed by atoms with Gasteiger partial charge in [-0.3, -0.25) is 0 Å². The standard InChI is InChI=1S/C28H22N2O/c29-17-19-15-25-26(16-20(19)18-30)28(22-11-5-2-6-12-22)24-14-8-7-13-23(24)27(25,31-28)21-9-3-1-4-10-21/h1-14,19-20,25-26H,15-16H2. The van der Waals surface area contributed by atoms with Gasteiger partial charge in [-0.2, -0.15) is 10.5 Å². The van der Waals surface area contributed by atoms with E-state index in [9.17, 15) is 10.5 Å². The monoisotopic (exact) mass is 402 g/mol. The molecule has 2 fully saturated rings. The van der Waals surface area contributed by atoms with Gasteiger partial charge in [0.1, 0.15) is 11.2 Å². The van der Waals surface area contributed by atoms with Crippen LogP contribution in [0.3, 0.4) is 0 Å². The summed E-state index contributed by atoms with van der Waals surface area (Å²) in [6.07, 6.45) is 1.36. The topological polar surface area (TPSA) is 56.8 Å². The highest BCUT2D eigenvalue weighted by Crippen LogP contribution is 2.72. The molecule has 6 rings (SSSR count).